The number of methoxy groups -OCH3 is 1. The van der Waals surface area contributed by atoms with Gasteiger partial charge in [0.25, 0.3) is 0 Å². The number of unbranched alkanes of at least 4 members (excludes halogenated alkanes) is 1. The molecule has 1 fully saturated rings. The fourth-order valence-electron chi connectivity index (χ4n) is 2.31. The van der Waals surface area contributed by atoms with Crippen molar-refractivity contribution in [2.24, 2.45) is 0 Å². The summed E-state index contributed by atoms with van der Waals surface area (Å²) in [4.78, 5) is 15.5. The van der Waals surface area contributed by atoms with Crippen molar-refractivity contribution >= 4 is 5.91 Å². The molecule has 1 saturated heterocycles. The molecule has 5 nitrogen and oxygen atoms in total. The second-order valence-corrected chi connectivity index (χ2v) is 5.49. The molecule has 1 amide bonds. The van der Waals surface area contributed by atoms with Crippen molar-refractivity contribution in [2.75, 3.05) is 54.0 Å². The van der Waals surface area contributed by atoms with Gasteiger partial charge >= 0.3 is 0 Å². The van der Waals surface area contributed by atoms with Crippen molar-refractivity contribution in [3.63, 3.8) is 0 Å². The molecule has 1 rings (SSSR count). The number of rotatable bonds is 8. The zero-order chi connectivity index (χ0) is 14.1. The Kier molecular flexibility index (Phi) is 8.02. The van der Waals surface area contributed by atoms with Crippen molar-refractivity contribution < 1.29 is 9.53 Å². The van der Waals surface area contributed by atoms with Gasteiger partial charge in [-0.1, -0.05) is 0 Å². The van der Waals surface area contributed by atoms with Crippen LogP contribution in [0.2, 0.25) is 0 Å². The van der Waals surface area contributed by atoms with Gasteiger partial charge in [0.2, 0.25) is 5.91 Å². The summed E-state index contributed by atoms with van der Waals surface area (Å²) in [5, 5.41) is 3.60. The second kappa shape index (κ2) is 9.28. The van der Waals surface area contributed by atoms with Crippen molar-refractivity contribution in [3.05, 3.63) is 0 Å². The molecule has 1 aliphatic rings. The van der Waals surface area contributed by atoms with Crippen LogP contribution in [0, 0.1) is 0 Å². The summed E-state index contributed by atoms with van der Waals surface area (Å²) in [5.74, 6) is 0.200. The van der Waals surface area contributed by atoms with Crippen molar-refractivity contribution in [1.82, 2.24) is 15.1 Å². The van der Waals surface area contributed by atoms with E-state index in [0.29, 0.717) is 12.6 Å². The first-order chi connectivity index (χ1) is 9.13. The molecule has 1 N–H and O–H groups in total. The minimum Gasteiger partial charge on any atom is -0.385 e. The number of hydrogen-bond acceptors (Lipinski definition) is 4. The predicted molar refractivity (Wildman–Crippen MR) is 77.3 cm³/mol. The summed E-state index contributed by atoms with van der Waals surface area (Å²) in [6.45, 7) is 4.54. The topological polar surface area (TPSA) is 44.8 Å². The number of ether oxygens (including phenoxy) is 1. The smallest absolute Gasteiger partial charge is 0.236 e. The Morgan fingerprint density at radius 1 is 1.32 bits per heavy atom. The number of likely N-dealkylation sites (tertiary alicyclic amines) is 1. The number of carbonyl (C=O) groups is 1. The lowest BCUT2D eigenvalue weighted by Crippen LogP contribution is -2.46. The third-order valence-electron chi connectivity index (χ3n) is 3.65. The van der Waals surface area contributed by atoms with Gasteiger partial charge in [-0.15, -0.1) is 0 Å². The summed E-state index contributed by atoms with van der Waals surface area (Å²) in [7, 11) is 5.38. The molecule has 0 unspecified atom stereocenters. The number of amides is 1. The zero-order valence-electron chi connectivity index (χ0n) is 12.7. The Labute approximate surface area is 117 Å². The fourth-order valence-corrected chi connectivity index (χ4v) is 2.31. The van der Waals surface area contributed by atoms with Gasteiger partial charge in [0.15, 0.2) is 0 Å². The van der Waals surface area contributed by atoms with E-state index >= 15 is 0 Å². The van der Waals surface area contributed by atoms with E-state index in [1.165, 1.54) is 6.42 Å². The molecule has 0 aromatic heterocycles. The molecule has 1 heterocycles. The second-order valence-electron chi connectivity index (χ2n) is 5.49. The Morgan fingerprint density at radius 2 is 2.00 bits per heavy atom. The van der Waals surface area contributed by atoms with Crippen LogP contribution in [-0.2, 0) is 9.53 Å². The number of carbonyl (C=O) groups excluding carboxylic acids is 1. The fraction of sp³-hybridized carbons (Fsp3) is 0.929. The maximum Gasteiger partial charge on any atom is 0.236 e. The van der Waals surface area contributed by atoms with Crippen LogP contribution in [0.25, 0.3) is 0 Å². The summed E-state index contributed by atoms with van der Waals surface area (Å²) in [6.07, 6.45) is 4.59. The van der Waals surface area contributed by atoms with Gasteiger partial charge in [0.1, 0.15) is 0 Å². The lowest BCUT2D eigenvalue weighted by molar-refractivity contribution is -0.130. The van der Waals surface area contributed by atoms with Crippen LogP contribution in [0.4, 0.5) is 0 Å². The number of piperidine rings is 1. The van der Waals surface area contributed by atoms with E-state index in [9.17, 15) is 4.79 Å². The molecule has 0 aromatic carbocycles. The quantitative estimate of drug-likeness (QED) is 0.655. The van der Waals surface area contributed by atoms with Crippen LogP contribution < -0.4 is 5.32 Å². The van der Waals surface area contributed by atoms with Crippen molar-refractivity contribution in [1.29, 1.82) is 0 Å². The van der Waals surface area contributed by atoms with Gasteiger partial charge < -0.3 is 15.0 Å². The first-order valence-electron chi connectivity index (χ1n) is 7.28. The Balaban J connectivity index is 2.07. The molecule has 0 saturated carbocycles. The van der Waals surface area contributed by atoms with Crippen LogP contribution in [0.15, 0.2) is 0 Å². The van der Waals surface area contributed by atoms with Crippen LogP contribution >= 0.6 is 0 Å². The van der Waals surface area contributed by atoms with Crippen LogP contribution in [0.1, 0.15) is 25.7 Å². The molecular weight excluding hydrogens is 242 g/mol. The van der Waals surface area contributed by atoms with E-state index in [1.54, 1.807) is 12.0 Å². The van der Waals surface area contributed by atoms with Gasteiger partial charge in [-0.05, 0) is 32.2 Å². The Hall–Kier alpha value is -0.650. The van der Waals surface area contributed by atoms with Crippen molar-refractivity contribution in [3.8, 4) is 0 Å². The zero-order valence-corrected chi connectivity index (χ0v) is 12.7. The van der Waals surface area contributed by atoms with Crippen molar-refractivity contribution in [2.45, 2.75) is 31.7 Å². The first-order valence-corrected chi connectivity index (χ1v) is 7.28. The highest BCUT2D eigenvalue weighted by molar-refractivity contribution is 5.77. The molecule has 1 aliphatic heterocycles. The number of hydrogen-bond donors (Lipinski definition) is 1. The van der Waals surface area contributed by atoms with Crippen LogP contribution in [0.3, 0.4) is 0 Å². The van der Waals surface area contributed by atoms with E-state index in [0.717, 1.165) is 45.5 Å². The molecule has 0 bridgehead atoms. The van der Waals surface area contributed by atoms with Crippen LogP contribution in [0.5, 0.6) is 0 Å². The lowest BCUT2D eigenvalue weighted by atomic mass is 10.0. The van der Waals surface area contributed by atoms with E-state index in [-0.39, 0.29) is 5.91 Å². The summed E-state index contributed by atoms with van der Waals surface area (Å²) in [5.41, 5.74) is 0. The predicted octanol–water partition coefficient (Wildman–Crippen LogP) is 0.555. The molecule has 5 heteroatoms. The minimum atomic E-state index is 0.200. The average Bonchev–Trinajstić information content (AvgIpc) is 2.40. The van der Waals surface area contributed by atoms with Crippen LogP contribution in [-0.4, -0.2) is 75.7 Å². The largest absolute Gasteiger partial charge is 0.385 e. The molecule has 0 atom stereocenters. The minimum absolute atomic E-state index is 0.200. The van der Waals surface area contributed by atoms with E-state index in [1.807, 2.05) is 14.1 Å². The normalized spacial score (nSPS) is 17.6. The maximum atomic E-state index is 11.6. The highest BCUT2D eigenvalue weighted by Crippen LogP contribution is 2.10. The lowest BCUT2D eigenvalue weighted by Gasteiger charge is -2.32. The SMILES string of the molecule is COCCCCNC1CCN(CC(=O)N(C)C)CC1. The van der Waals surface area contributed by atoms with Gasteiger partial charge in [-0.3, -0.25) is 9.69 Å². The van der Waals surface area contributed by atoms with Gasteiger partial charge in [-0.2, -0.15) is 0 Å². The summed E-state index contributed by atoms with van der Waals surface area (Å²) < 4.78 is 5.03. The molecule has 0 aromatic rings. The molecular formula is C14H29N3O2. The average molecular weight is 271 g/mol. The monoisotopic (exact) mass is 271 g/mol. The highest BCUT2D eigenvalue weighted by Gasteiger charge is 2.20. The van der Waals surface area contributed by atoms with Gasteiger partial charge in [0.05, 0.1) is 6.54 Å². The number of nitrogens with one attached hydrogen (secondary N) is 1. The standard InChI is InChI=1S/C14H29N3O2/c1-16(2)14(18)12-17-9-6-13(7-10-17)15-8-4-5-11-19-3/h13,15H,4-12H2,1-3H3. The molecule has 19 heavy (non-hydrogen) atoms. The van der Waals surface area contributed by atoms with Gasteiger partial charge in [0, 0.05) is 46.9 Å². The molecule has 112 valence electrons. The summed E-state index contributed by atoms with van der Waals surface area (Å²) in [6, 6.07) is 0.619. The first kappa shape index (κ1) is 16.4. The third kappa shape index (κ3) is 6.89. The third-order valence-corrected chi connectivity index (χ3v) is 3.65. The molecule has 0 aliphatic carbocycles. The van der Waals surface area contributed by atoms with E-state index < -0.39 is 0 Å². The Bertz CT molecular complexity index is 251. The van der Waals surface area contributed by atoms with Gasteiger partial charge in [-0.25, -0.2) is 0 Å². The molecule has 0 radical (unpaired) electrons. The number of nitrogens with zero attached hydrogens (tertiary/aromatic N) is 2. The molecule has 0 spiro atoms. The van der Waals surface area contributed by atoms with E-state index in [4.69, 9.17) is 4.74 Å². The maximum absolute atomic E-state index is 11.6. The van der Waals surface area contributed by atoms with E-state index in [2.05, 4.69) is 10.2 Å². The highest BCUT2D eigenvalue weighted by atomic mass is 16.5. The Morgan fingerprint density at radius 3 is 2.58 bits per heavy atom. The summed E-state index contributed by atoms with van der Waals surface area (Å²) >= 11 is 0. The number of likely N-dealkylation sites (N-methyl/N-ethyl adjacent to an activating group) is 1.